The molecule has 282 valence electrons. The number of fused-ring (bicyclic) bond motifs is 3. The van der Waals surface area contributed by atoms with E-state index >= 15 is 0 Å². The number of methoxy groups -OCH3 is 1. The maximum Gasteiger partial charge on any atom is 0.405 e. The molecule has 0 unspecified atom stereocenters. The average Bonchev–Trinajstić information content (AvgIpc) is 3.99. The van der Waals surface area contributed by atoms with E-state index in [1.165, 1.54) is 30.3 Å². The predicted octanol–water partition coefficient (Wildman–Crippen LogP) is 3.20. The summed E-state index contributed by atoms with van der Waals surface area (Å²) >= 11 is 0. The van der Waals surface area contributed by atoms with E-state index in [1.54, 1.807) is 19.1 Å². The third-order valence-electron chi connectivity index (χ3n) is 10.8. The van der Waals surface area contributed by atoms with Crippen molar-refractivity contribution in [3.8, 4) is 11.6 Å². The first kappa shape index (κ1) is 37.2. The van der Waals surface area contributed by atoms with Gasteiger partial charge in [0, 0.05) is 30.0 Å². The smallest absolute Gasteiger partial charge is 0.405 e. The molecule has 1 aromatic carbocycles. The highest BCUT2D eigenvalue weighted by atomic mass is 32.2. The molecule has 4 aliphatic rings. The summed E-state index contributed by atoms with van der Waals surface area (Å²) in [5.41, 5.74) is -1.70. The van der Waals surface area contributed by atoms with Gasteiger partial charge >= 0.3 is 6.09 Å². The first-order valence-electron chi connectivity index (χ1n) is 17.3. The van der Waals surface area contributed by atoms with E-state index < -0.39 is 86.6 Å². The van der Waals surface area contributed by atoms with Crippen molar-refractivity contribution in [3.05, 3.63) is 42.4 Å². The summed E-state index contributed by atoms with van der Waals surface area (Å²) < 4.78 is 66.3. The summed E-state index contributed by atoms with van der Waals surface area (Å²) in [5, 5.41) is 15.6. The maximum atomic E-state index is 14.6. The van der Waals surface area contributed by atoms with Crippen LogP contribution in [0.2, 0.25) is 0 Å². The third kappa shape index (κ3) is 7.11. The SMILES string of the molecule is COc1cc(F)cc2c(O[C@@H]3C[C@H]4C(=O)N[C@]5(C(=O)NS(=O)(=O)C6(CF)CC6)C[C@H]5C=CCC[C@@H](C)C[C@@H](C)[C@H](NC(=O)O)C(=O)N4C3)nccc12. The van der Waals surface area contributed by atoms with Gasteiger partial charge in [-0.05, 0) is 62.5 Å². The van der Waals surface area contributed by atoms with Crippen molar-refractivity contribution >= 4 is 44.6 Å². The van der Waals surface area contributed by atoms with E-state index in [0.29, 0.717) is 24.6 Å². The van der Waals surface area contributed by atoms with Crippen LogP contribution in [0.4, 0.5) is 13.6 Å². The maximum absolute atomic E-state index is 14.6. The Kier molecular flexibility index (Phi) is 10.1. The highest BCUT2D eigenvalue weighted by Crippen LogP contribution is 2.48. The van der Waals surface area contributed by atoms with Crippen molar-refractivity contribution in [2.45, 2.75) is 87.3 Å². The lowest BCUT2D eigenvalue weighted by atomic mass is 9.88. The van der Waals surface area contributed by atoms with Crippen LogP contribution in [0.15, 0.2) is 36.5 Å². The van der Waals surface area contributed by atoms with Crippen molar-refractivity contribution in [3.63, 3.8) is 0 Å². The van der Waals surface area contributed by atoms with Gasteiger partial charge in [0.15, 0.2) is 0 Å². The molecule has 6 rings (SSSR count). The number of alkyl halides is 1. The van der Waals surface area contributed by atoms with Gasteiger partial charge in [-0.15, -0.1) is 0 Å². The molecular weight excluding hydrogens is 704 g/mol. The molecule has 2 saturated carbocycles. The number of aromatic nitrogens is 1. The van der Waals surface area contributed by atoms with Gasteiger partial charge in [0.1, 0.15) is 46.7 Å². The molecule has 1 saturated heterocycles. The number of pyridine rings is 1. The van der Waals surface area contributed by atoms with E-state index in [2.05, 4.69) is 15.6 Å². The Hall–Kier alpha value is -4.54. The average molecular weight is 748 g/mol. The fourth-order valence-corrected chi connectivity index (χ4v) is 8.92. The van der Waals surface area contributed by atoms with Crippen LogP contribution in [0.1, 0.15) is 58.8 Å². The van der Waals surface area contributed by atoms with Crippen molar-refractivity contribution in [2.75, 3.05) is 20.3 Å². The summed E-state index contributed by atoms with van der Waals surface area (Å²) in [4.78, 5) is 59.8. The van der Waals surface area contributed by atoms with Gasteiger partial charge in [-0.25, -0.2) is 27.0 Å². The monoisotopic (exact) mass is 747 g/mol. The number of halogens is 2. The number of hydrogen-bond donors (Lipinski definition) is 4. The summed E-state index contributed by atoms with van der Waals surface area (Å²) in [7, 11) is -3.02. The summed E-state index contributed by atoms with van der Waals surface area (Å²) in [6.07, 6.45) is 4.49. The van der Waals surface area contributed by atoms with Crippen LogP contribution >= 0.6 is 0 Å². The highest BCUT2D eigenvalue weighted by molar-refractivity contribution is 7.91. The van der Waals surface area contributed by atoms with Crippen molar-refractivity contribution in [1.29, 1.82) is 0 Å². The molecule has 3 fully saturated rings. The number of sulfonamides is 1. The molecule has 0 radical (unpaired) electrons. The van der Waals surface area contributed by atoms with Crippen LogP contribution in [0.3, 0.4) is 0 Å². The number of ether oxygens (including phenoxy) is 2. The fraction of sp³-hybridized carbons (Fsp3) is 0.571. The second-order valence-electron chi connectivity index (χ2n) is 14.6. The Morgan fingerprint density at radius 1 is 1.17 bits per heavy atom. The van der Waals surface area contributed by atoms with Crippen LogP contribution in [0.25, 0.3) is 10.8 Å². The normalized spacial score (nSPS) is 30.2. The first-order chi connectivity index (χ1) is 24.6. The van der Waals surface area contributed by atoms with E-state index in [4.69, 9.17) is 9.47 Å². The zero-order valence-corrected chi connectivity index (χ0v) is 29.9. The van der Waals surface area contributed by atoms with Gasteiger partial charge < -0.3 is 30.1 Å². The Labute approximate surface area is 299 Å². The molecule has 0 spiro atoms. The van der Waals surface area contributed by atoms with Gasteiger partial charge in [-0.2, -0.15) is 0 Å². The quantitative estimate of drug-likeness (QED) is 0.292. The van der Waals surface area contributed by atoms with Gasteiger partial charge in [-0.1, -0.05) is 26.0 Å². The zero-order chi connectivity index (χ0) is 37.6. The topological polar surface area (TPSA) is 193 Å². The number of hydrogen-bond acceptors (Lipinski definition) is 9. The molecule has 2 aliphatic carbocycles. The van der Waals surface area contributed by atoms with E-state index in [1.807, 2.05) is 17.7 Å². The number of nitrogens with zero attached hydrogens (tertiary/aromatic N) is 2. The molecule has 7 atom stereocenters. The van der Waals surface area contributed by atoms with Gasteiger partial charge in [0.2, 0.25) is 27.7 Å². The largest absolute Gasteiger partial charge is 0.496 e. The summed E-state index contributed by atoms with van der Waals surface area (Å²) in [5.74, 6) is -3.87. The number of amides is 4. The lowest BCUT2D eigenvalue weighted by Crippen LogP contribution is -2.59. The van der Waals surface area contributed by atoms with Crippen molar-refractivity contribution < 1.29 is 51.0 Å². The Bertz CT molecular complexity index is 1910. The number of carbonyl (C=O) groups excluding carboxylic acids is 3. The number of carboxylic acid groups (broad SMARTS) is 1. The predicted molar refractivity (Wildman–Crippen MR) is 183 cm³/mol. The number of benzene rings is 1. The number of carbonyl (C=O) groups is 4. The van der Waals surface area contributed by atoms with Crippen LogP contribution in [-0.4, -0.2) is 96.0 Å². The number of allylic oxidation sites excluding steroid dienone is 1. The minimum Gasteiger partial charge on any atom is -0.496 e. The fourth-order valence-electron chi connectivity index (χ4n) is 7.50. The molecule has 2 aromatic rings. The van der Waals surface area contributed by atoms with Crippen LogP contribution < -0.4 is 24.8 Å². The molecule has 14 nitrogen and oxygen atoms in total. The van der Waals surface area contributed by atoms with Crippen LogP contribution in [0, 0.1) is 23.6 Å². The van der Waals surface area contributed by atoms with E-state index in [0.717, 1.165) is 0 Å². The van der Waals surface area contributed by atoms with Gasteiger partial charge in [0.05, 0.1) is 19.0 Å². The zero-order valence-electron chi connectivity index (χ0n) is 29.1. The third-order valence-corrected chi connectivity index (χ3v) is 12.9. The Morgan fingerprint density at radius 3 is 2.60 bits per heavy atom. The molecule has 1 aromatic heterocycles. The minimum atomic E-state index is -4.41. The first-order valence-corrected chi connectivity index (χ1v) is 18.8. The number of nitrogens with one attached hydrogen (secondary N) is 3. The molecule has 3 heterocycles. The Morgan fingerprint density at radius 2 is 1.92 bits per heavy atom. The summed E-state index contributed by atoms with van der Waals surface area (Å²) in [6.45, 7) is 2.37. The van der Waals surface area contributed by atoms with Crippen molar-refractivity contribution in [2.24, 2.45) is 17.8 Å². The minimum absolute atomic E-state index is 0.00798. The van der Waals surface area contributed by atoms with E-state index in [9.17, 15) is 41.5 Å². The lowest BCUT2D eigenvalue weighted by Gasteiger charge is -2.32. The molecule has 2 aliphatic heterocycles. The van der Waals surface area contributed by atoms with Crippen molar-refractivity contribution in [1.82, 2.24) is 25.2 Å². The lowest BCUT2D eigenvalue weighted by molar-refractivity contribution is -0.142. The number of rotatable bonds is 8. The molecule has 17 heteroatoms. The molecule has 52 heavy (non-hydrogen) atoms. The highest BCUT2D eigenvalue weighted by Gasteiger charge is 2.64. The Balaban J connectivity index is 1.35. The second-order valence-corrected chi connectivity index (χ2v) is 16.7. The van der Waals surface area contributed by atoms with Gasteiger partial charge in [0.25, 0.3) is 5.91 Å². The molecule has 4 amide bonds. The molecule has 0 bridgehead atoms. The molecule has 4 N–H and O–H groups in total. The van der Waals surface area contributed by atoms with Gasteiger partial charge in [-0.3, -0.25) is 19.1 Å². The standard InChI is InChI=1S/C35H43F2N5O9S/c1-19-6-4-5-7-21-16-35(21,32(45)41-52(48,49)34(18-36)9-10-34)40-29(43)26-15-23(17-42(26)31(44)28(20(2)12-19)39-33(46)47)51-30-25-13-22(37)14-27(50-3)24(25)8-11-38-30/h5,7-8,11,13-14,19-21,23,26,28,39H,4,6,9-10,12,15-18H2,1-3H3,(H,40,43)(H,41,45)(H,46,47)/t19-,20-,21-,23-,26+,28+,35-/m1/s1. The second kappa shape index (κ2) is 14.1. The van der Waals surface area contributed by atoms with E-state index in [-0.39, 0.29) is 55.2 Å². The summed E-state index contributed by atoms with van der Waals surface area (Å²) in [6, 6.07) is 1.51. The van der Waals surface area contributed by atoms with Crippen LogP contribution in [-0.2, 0) is 24.4 Å². The van der Waals surface area contributed by atoms with Crippen LogP contribution in [0.5, 0.6) is 11.6 Å². The molecular formula is C35H43F2N5O9S.